The number of hydrogen-bond acceptors (Lipinski definition) is 5. The summed E-state index contributed by atoms with van der Waals surface area (Å²) in [7, 11) is 0. The second kappa shape index (κ2) is 17.5. The van der Waals surface area contributed by atoms with Gasteiger partial charge in [0.1, 0.15) is 18.8 Å². The Hall–Kier alpha value is -0.230. The third kappa shape index (κ3) is 18.3. The molecule has 0 heterocycles. The molecule has 0 rings (SSSR count). The van der Waals surface area contributed by atoms with E-state index in [1.807, 2.05) is 20.8 Å². The van der Waals surface area contributed by atoms with Gasteiger partial charge in [0.15, 0.2) is 5.05 Å². The number of ether oxygens (including phenoxy) is 1. The van der Waals surface area contributed by atoms with Crippen molar-refractivity contribution >= 4 is 17.3 Å². The van der Waals surface area contributed by atoms with Crippen LogP contribution in [-0.4, -0.2) is 45.3 Å². The van der Waals surface area contributed by atoms with Crippen molar-refractivity contribution in [3.05, 3.63) is 0 Å². The topological polar surface area (TPSA) is 69.9 Å². The average Bonchev–Trinajstić information content (AvgIpc) is 2.64. The van der Waals surface area contributed by atoms with Gasteiger partial charge in [0.25, 0.3) is 0 Å². The third-order valence-electron chi connectivity index (χ3n) is 5.26. The summed E-state index contributed by atoms with van der Waals surface area (Å²) in [5.41, 5.74) is -0.120. The van der Waals surface area contributed by atoms with Crippen molar-refractivity contribution in [2.24, 2.45) is 5.41 Å². The Bertz CT molecular complexity index is 395. The molecule has 3 atom stereocenters. The molecule has 0 amide bonds. The van der Waals surface area contributed by atoms with E-state index >= 15 is 0 Å². The first kappa shape index (κ1) is 28.8. The summed E-state index contributed by atoms with van der Waals surface area (Å²) in [6, 6.07) is 0. The van der Waals surface area contributed by atoms with Crippen LogP contribution in [0, 0.1) is 5.41 Å². The lowest BCUT2D eigenvalue weighted by molar-refractivity contribution is -0.0841. The van der Waals surface area contributed by atoms with Crippen LogP contribution in [0.3, 0.4) is 0 Å². The van der Waals surface area contributed by atoms with E-state index in [-0.39, 0.29) is 12.0 Å². The molecule has 29 heavy (non-hydrogen) atoms. The number of aliphatic hydroxyl groups excluding tert-OH is 3. The molecule has 174 valence electrons. The highest BCUT2D eigenvalue weighted by atomic mass is 32.1. The summed E-state index contributed by atoms with van der Waals surface area (Å²) in [5, 5.41) is 30.5. The molecule has 0 fully saturated rings. The van der Waals surface area contributed by atoms with Crippen molar-refractivity contribution in [1.29, 1.82) is 0 Å². The lowest BCUT2D eigenvalue weighted by Crippen LogP contribution is -2.42. The van der Waals surface area contributed by atoms with Crippen molar-refractivity contribution in [2.75, 3.05) is 6.61 Å². The van der Waals surface area contributed by atoms with Crippen LogP contribution in [0.5, 0.6) is 0 Å². The van der Waals surface area contributed by atoms with E-state index in [1.54, 1.807) is 0 Å². The number of hydrogen-bond donors (Lipinski definition) is 3. The minimum atomic E-state index is -1.22. The van der Waals surface area contributed by atoms with Gasteiger partial charge in [-0.05, 0) is 30.5 Å². The van der Waals surface area contributed by atoms with Gasteiger partial charge < -0.3 is 20.1 Å². The minimum Gasteiger partial charge on any atom is -0.484 e. The molecule has 0 spiro atoms. The lowest BCUT2D eigenvalue weighted by Gasteiger charge is -2.28. The molecular weight excluding hydrogens is 384 g/mol. The summed E-state index contributed by atoms with van der Waals surface area (Å²) < 4.78 is 5.42. The van der Waals surface area contributed by atoms with Crippen LogP contribution >= 0.6 is 12.2 Å². The van der Waals surface area contributed by atoms with E-state index in [0.717, 1.165) is 12.8 Å². The van der Waals surface area contributed by atoms with Crippen LogP contribution in [-0.2, 0) is 4.74 Å². The molecule has 0 saturated heterocycles. The number of rotatable bonds is 18. The Labute approximate surface area is 185 Å². The lowest BCUT2D eigenvalue weighted by atomic mass is 9.86. The van der Waals surface area contributed by atoms with E-state index in [9.17, 15) is 15.3 Å². The molecular formula is C24H48O4S. The van der Waals surface area contributed by atoms with Gasteiger partial charge in [-0.15, -0.1) is 0 Å². The largest absolute Gasteiger partial charge is 0.484 e. The Balaban J connectivity index is 3.60. The van der Waals surface area contributed by atoms with Crippen molar-refractivity contribution in [3.8, 4) is 0 Å². The summed E-state index contributed by atoms with van der Waals surface area (Å²) in [6.07, 6.45) is 13.4. The fraction of sp³-hybridized carbons (Fsp3) is 0.958. The summed E-state index contributed by atoms with van der Waals surface area (Å²) in [6.45, 7) is 8.13. The molecule has 1 unspecified atom stereocenters. The molecule has 0 aromatic heterocycles. The molecule has 0 aliphatic heterocycles. The predicted molar refractivity (Wildman–Crippen MR) is 126 cm³/mol. The monoisotopic (exact) mass is 432 g/mol. The summed E-state index contributed by atoms with van der Waals surface area (Å²) in [5.74, 6) is 0. The molecule has 0 aromatic rings. The molecule has 0 saturated carbocycles. The highest BCUT2D eigenvalue weighted by molar-refractivity contribution is 7.80. The van der Waals surface area contributed by atoms with Crippen LogP contribution in [0.1, 0.15) is 118 Å². The summed E-state index contributed by atoms with van der Waals surface area (Å²) in [4.78, 5) is 0. The van der Waals surface area contributed by atoms with Gasteiger partial charge in [-0.2, -0.15) is 0 Å². The molecule has 3 N–H and O–H groups in total. The van der Waals surface area contributed by atoms with Crippen LogP contribution in [0.15, 0.2) is 0 Å². The maximum absolute atomic E-state index is 10.0. The smallest absolute Gasteiger partial charge is 0.159 e. The minimum absolute atomic E-state index is 0.0700. The normalized spacial score (nSPS) is 15.1. The van der Waals surface area contributed by atoms with Crippen molar-refractivity contribution < 1.29 is 20.1 Å². The van der Waals surface area contributed by atoms with Crippen LogP contribution < -0.4 is 0 Å². The molecule has 0 bridgehead atoms. The van der Waals surface area contributed by atoms with Gasteiger partial charge >= 0.3 is 0 Å². The molecule has 0 aliphatic rings. The Morgan fingerprint density at radius 3 is 1.66 bits per heavy atom. The van der Waals surface area contributed by atoms with Crippen LogP contribution in [0.2, 0.25) is 0 Å². The third-order valence-corrected chi connectivity index (χ3v) is 5.58. The average molecular weight is 433 g/mol. The molecule has 0 radical (unpaired) electrons. The predicted octanol–water partition coefficient (Wildman–Crippen LogP) is 5.94. The second-order valence-electron chi connectivity index (χ2n) is 9.71. The van der Waals surface area contributed by atoms with Gasteiger partial charge in [-0.25, -0.2) is 0 Å². The van der Waals surface area contributed by atoms with Gasteiger partial charge in [-0.1, -0.05) is 98.3 Å². The zero-order chi connectivity index (χ0) is 22.1. The number of unbranched alkanes of at least 4 members (excludes halogenated alkanes) is 11. The van der Waals surface area contributed by atoms with E-state index in [4.69, 9.17) is 17.0 Å². The maximum Gasteiger partial charge on any atom is 0.159 e. The fourth-order valence-electron chi connectivity index (χ4n) is 3.46. The van der Waals surface area contributed by atoms with Gasteiger partial charge in [0.05, 0.1) is 6.10 Å². The van der Waals surface area contributed by atoms with Gasteiger partial charge in [0.2, 0.25) is 0 Å². The van der Waals surface area contributed by atoms with Crippen LogP contribution in [0.25, 0.3) is 0 Å². The maximum atomic E-state index is 10.0. The molecule has 0 aliphatic carbocycles. The highest BCUT2D eigenvalue weighted by Gasteiger charge is 2.28. The SMILES string of the molecule is CCCCCCCCCCCCCCC(=S)OC[C@@H](O)[C@@H](O)C(O)CC(C)(C)C. The highest BCUT2D eigenvalue weighted by Crippen LogP contribution is 2.23. The van der Waals surface area contributed by atoms with E-state index in [0.29, 0.717) is 17.9 Å². The standard InChI is InChI=1S/C24H48O4S/c1-5-6-7-8-9-10-11-12-13-14-15-16-17-22(29)28-19-21(26)23(27)20(25)18-24(2,3)4/h20-21,23,25-27H,5-19H2,1-4H3/t20?,21-,23+/m1/s1. The zero-order valence-electron chi connectivity index (χ0n) is 19.5. The van der Waals surface area contributed by atoms with Crippen molar-refractivity contribution in [2.45, 2.75) is 136 Å². The fourth-order valence-corrected chi connectivity index (χ4v) is 3.68. The Morgan fingerprint density at radius 1 is 0.759 bits per heavy atom. The zero-order valence-corrected chi connectivity index (χ0v) is 20.3. The van der Waals surface area contributed by atoms with E-state index in [1.165, 1.54) is 64.2 Å². The molecule has 4 nitrogen and oxygen atoms in total. The van der Waals surface area contributed by atoms with E-state index in [2.05, 4.69) is 6.92 Å². The van der Waals surface area contributed by atoms with Crippen molar-refractivity contribution in [3.63, 3.8) is 0 Å². The van der Waals surface area contributed by atoms with E-state index < -0.39 is 18.3 Å². The Morgan fingerprint density at radius 2 is 1.21 bits per heavy atom. The first-order chi connectivity index (χ1) is 13.7. The first-order valence-corrected chi connectivity index (χ1v) is 12.3. The second-order valence-corrected chi connectivity index (χ2v) is 10.2. The molecule has 0 aromatic carbocycles. The van der Waals surface area contributed by atoms with Gasteiger partial charge in [0, 0.05) is 6.42 Å². The number of thiocarbonyl (C=S) groups is 1. The van der Waals surface area contributed by atoms with Crippen LogP contribution in [0.4, 0.5) is 0 Å². The Kier molecular flexibility index (Phi) is 17.3. The quantitative estimate of drug-likeness (QED) is 0.185. The molecule has 5 heteroatoms. The number of aliphatic hydroxyl groups is 3. The summed E-state index contributed by atoms with van der Waals surface area (Å²) >= 11 is 5.21. The van der Waals surface area contributed by atoms with Crippen molar-refractivity contribution in [1.82, 2.24) is 0 Å². The van der Waals surface area contributed by atoms with Gasteiger partial charge in [-0.3, -0.25) is 0 Å². The first-order valence-electron chi connectivity index (χ1n) is 11.9.